The average molecular weight is 903 g/mol. The zero-order chi connectivity index (χ0) is 48.2. The molecule has 11 heteroatoms. The number of nitrogens with zero attached hydrogens (tertiary/aromatic N) is 3. The second-order valence-electron chi connectivity index (χ2n) is 19.9. The van der Waals surface area contributed by atoms with Gasteiger partial charge in [-0.15, -0.1) is 0 Å². The Kier molecular flexibility index (Phi) is 16.2. The highest BCUT2D eigenvalue weighted by atomic mass is 16.5. The molecular formula is C55H74N4O7. The predicted octanol–water partition coefficient (Wildman–Crippen LogP) is 11.0. The van der Waals surface area contributed by atoms with Gasteiger partial charge in [0.2, 0.25) is 5.60 Å². The maximum Gasteiger partial charge on any atom is 0.350 e. The third-order valence-electron chi connectivity index (χ3n) is 14.4. The Bertz CT molecular complexity index is 2390. The van der Waals surface area contributed by atoms with Gasteiger partial charge in [0.1, 0.15) is 6.61 Å². The van der Waals surface area contributed by atoms with Gasteiger partial charge in [0.15, 0.2) is 5.76 Å². The van der Waals surface area contributed by atoms with Gasteiger partial charge >= 0.3 is 11.9 Å². The number of nitrogens with one attached hydrogen (secondary N) is 1. The average Bonchev–Trinajstić information content (AvgIpc) is 3.98. The summed E-state index contributed by atoms with van der Waals surface area (Å²) < 4.78 is 10.9. The number of carbonyl (C=O) groups is 2. The van der Waals surface area contributed by atoms with Crippen molar-refractivity contribution in [1.82, 2.24) is 5.32 Å². The fraction of sp³-hybridized carbons (Fsp3) is 0.545. The highest BCUT2D eigenvalue weighted by Gasteiger charge is 2.59. The standard InChI is InChI=1S/C55H74N4O7/c1-13-39-34(8)42-27-44-36(10)41(21-22-48(61)66-24-23-32(6)19-15-17-31(5)18-16-20-33(7)26-38(60)25-30(3)4)51(58-44)50-52-49(53(62)55(50,64)54(63)65-12)37(11)45(59-52)29-47-40(14-2)35(9)43(57-47)28-46(39)56-42/h13,23,27-31,33,36,38,41,58,60,62,64H,1,14-22,24-26H2,2-12H3/b32-23+,44-27?,46-28?,47-29?,51-50?/t31?,33?,36-,38?,41-,55-/m0/s1. The van der Waals surface area contributed by atoms with Crippen molar-refractivity contribution in [2.75, 3.05) is 13.7 Å². The van der Waals surface area contributed by atoms with E-state index in [9.17, 15) is 24.9 Å². The quantitative estimate of drug-likeness (QED) is 0.0693. The number of hydrogen-bond donors (Lipinski definition) is 4. The zero-order valence-corrected chi connectivity index (χ0v) is 41.4. The van der Waals surface area contributed by atoms with Gasteiger partial charge in [-0.25, -0.2) is 19.8 Å². The summed E-state index contributed by atoms with van der Waals surface area (Å²) in [5.74, 6) is -0.944. The van der Waals surface area contributed by atoms with E-state index in [0.29, 0.717) is 41.1 Å². The molecule has 1 fully saturated rings. The van der Waals surface area contributed by atoms with Crippen LogP contribution in [0.3, 0.4) is 0 Å². The number of aliphatic imine (C=N–C) groups is 3. The molecule has 5 aliphatic heterocycles. The van der Waals surface area contributed by atoms with E-state index in [1.807, 2.05) is 58.1 Å². The fourth-order valence-electron chi connectivity index (χ4n) is 10.4. The first kappa shape index (κ1) is 50.3. The van der Waals surface area contributed by atoms with E-state index in [2.05, 4.69) is 53.4 Å². The number of allylic oxidation sites excluding steroid dienone is 12. The van der Waals surface area contributed by atoms with Crippen LogP contribution in [-0.4, -0.2) is 69.8 Å². The lowest BCUT2D eigenvalue weighted by Gasteiger charge is -2.26. The van der Waals surface area contributed by atoms with E-state index >= 15 is 0 Å². The van der Waals surface area contributed by atoms with Gasteiger partial charge in [0.25, 0.3) is 0 Å². The van der Waals surface area contributed by atoms with Gasteiger partial charge in [0, 0.05) is 46.4 Å². The first-order valence-corrected chi connectivity index (χ1v) is 24.3. The largest absolute Gasteiger partial charge is 0.507 e. The smallest absolute Gasteiger partial charge is 0.350 e. The highest BCUT2D eigenvalue weighted by Crippen LogP contribution is 2.51. The van der Waals surface area contributed by atoms with Gasteiger partial charge < -0.3 is 30.1 Å². The number of rotatable bonds is 20. The van der Waals surface area contributed by atoms with E-state index in [4.69, 9.17) is 24.5 Å². The van der Waals surface area contributed by atoms with Gasteiger partial charge in [0.05, 0.1) is 47.4 Å². The lowest BCUT2D eigenvalue weighted by molar-refractivity contribution is -0.156. The van der Waals surface area contributed by atoms with E-state index < -0.39 is 23.2 Å². The molecule has 66 heavy (non-hydrogen) atoms. The zero-order valence-electron chi connectivity index (χ0n) is 41.4. The summed E-state index contributed by atoms with van der Waals surface area (Å²) in [5.41, 5.74) is 8.52. The van der Waals surface area contributed by atoms with Crippen molar-refractivity contribution in [2.45, 2.75) is 152 Å². The Morgan fingerprint density at radius 1 is 0.924 bits per heavy atom. The van der Waals surface area contributed by atoms with Gasteiger partial charge in [-0.3, -0.25) is 4.79 Å². The molecule has 0 saturated carbocycles. The van der Waals surface area contributed by atoms with Crippen LogP contribution in [0.15, 0.2) is 131 Å². The lowest BCUT2D eigenvalue weighted by Crippen LogP contribution is -2.44. The molecule has 0 radical (unpaired) electrons. The fourth-order valence-corrected chi connectivity index (χ4v) is 10.4. The van der Waals surface area contributed by atoms with Crippen molar-refractivity contribution in [3.05, 3.63) is 116 Å². The Morgan fingerprint density at radius 2 is 1.61 bits per heavy atom. The van der Waals surface area contributed by atoms with Crippen LogP contribution in [0.25, 0.3) is 0 Å². The van der Waals surface area contributed by atoms with E-state index in [1.165, 1.54) is 25.5 Å². The molecule has 3 unspecified atom stereocenters. The summed E-state index contributed by atoms with van der Waals surface area (Å²) >= 11 is 0. The number of carbonyl (C=O) groups excluding carboxylic acids is 2. The second-order valence-corrected chi connectivity index (χ2v) is 19.9. The van der Waals surface area contributed by atoms with E-state index in [-0.39, 0.29) is 47.9 Å². The minimum atomic E-state index is -2.56. The van der Waals surface area contributed by atoms with E-state index in [1.54, 1.807) is 0 Å². The van der Waals surface area contributed by atoms with Crippen molar-refractivity contribution in [2.24, 2.45) is 44.6 Å². The first-order valence-electron chi connectivity index (χ1n) is 24.3. The molecule has 11 nitrogen and oxygen atoms in total. The number of esters is 2. The van der Waals surface area contributed by atoms with Crippen molar-refractivity contribution >= 4 is 29.1 Å². The Labute approximate surface area is 393 Å². The van der Waals surface area contributed by atoms with E-state index in [0.717, 1.165) is 95.8 Å². The molecule has 6 rings (SSSR count). The third-order valence-corrected chi connectivity index (χ3v) is 14.4. The topological polar surface area (TPSA) is 162 Å². The molecule has 6 atom stereocenters. The molecule has 0 amide bonds. The van der Waals surface area contributed by atoms with Gasteiger partial charge in [-0.1, -0.05) is 85.5 Å². The minimum Gasteiger partial charge on any atom is -0.507 e. The summed E-state index contributed by atoms with van der Waals surface area (Å²) in [4.78, 5) is 42.3. The molecule has 1 aliphatic carbocycles. The normalized spacial score (nSPS) is 24.1. The van der Waals surface area contributed by atoms with Crippen molar-refractivity contribution < 1.29 is 34.4 Å². The molecule has 0 aromatic rings. The Balaban J connectivity index is 1.21. The van der Waals surface area contributed by atoms with Crippen molar-refractivity contribution in [3.63, 3.8) is 0 Å². The van der Waals surface area contributed by atoms with Crippen LogP contribution < -0.4 is 5.32 Å². The molecule has 8 bridgehead atoms. The van der Waals surface area contributed by atoms with Gasteiger partial charge in [-0.2, -0.15) is 0 Å². The lowest BCUT2D eigenvalue weighted by atomic mass is 9.83. The highest BCUT2D eigenvalue weighted by molar-refractivity contribution is 6.26. The van der Waals surface area contributed by atoms with Crippen molar-refractivity contribution in [3.8, 4) is 0 Å². The summed E-state index contributed by atoms with van der Waals surface area (Å²) in [6.07, 6.45) is 19.0. The molecule has 6 aliphatic rings. The molecule has 5 heterocycles. The SMILES string of the molecule is C=CC1=C(C)C2=NC1=CC1=NC(=CC3=C(C)C4=C(O)[C@](O)(C(=O)OC)C(=C5NC(=C2)[C@@H](C)[C@@H]5CCC(=O)OC/C=C(\C)CCCC(C)CCCC(C)CC(O)CC(C)C)C4=N3)C(CC)=C1C. The number of hydrogen-bond acceptors (Lipinski definition) is 11. The van der Waals surface area contributed by atoms with Crippen LogP contribution in [-0.2, 0) is 19.1 Å². The number of aliphatic hydroxyl groups excluding tert-OH is 2. The van der Waals surface area contributed by atoms with Crippen LogP contribution in [0.2, 0.25) is 0 Å². The summed E-state index contributed by atoms with van der Waals surface area (Å²) in [5, 5.41) is 38.2. The molecule has 0 aromatic heterocycles. The molecule has 356 valence electrons. The summed E-state index contributed by atoms with van der Waals surface area (Å²) in [6, 6.07) is 0. The number of fused-ring (bicyclic) bond motifs is 5. The summed E-state index contributed by atoms with van der Waals surface area (Å²) in [7, 11) is 1.17. The van der Waals surface area contributed by atoms with Crippen LogP contribution >= 0.6 is 0 Å². The molecule has 4 N–H and O–H groups in total. The van der Waals surface area contributed by atoms with Crippen LogP contribution in [0.4, 0.5) is 0 Å². The number of ether oxygens (including phenoxy) is 2. The Morgan fingerprint density at radius 3 is 2.29 bits per heavy atom. The maximum atomic E-state index is 13.7. The second kappa shape index (κ2) is 21.2. The molecule has 0 spiro atoms. The molecular weight excluding hydrogens is 829 g/mol. The number of aliphatic hydroxyl groups is 3. The monoisotopic (exact) mass is 903 g/mol. The van der Waals surface area contributed by atoms with Crippen LogP contribution in [0, 0.1) is 29.6 Å². The number of methoxy groups -OCH3 is 1. The summed E-state index contributed by atoms with van der Waals surface area (Å²) in [6.45, 7) is 25.2. The third kappa shape index (κ3) is 10.4. The van der Waals surface area contributed by atoms with Crippen LogP contribution in [0.1, 0.15) is 140 Å². The molecule has 1 saturated heterocycles. The van der Waals surface area contributed by atoms with Crippen LogP contribution in [0.5, 0.6) is 0 Å². The van der Waals surface area contributed by atoms with Gasteiger partial charge in [-0.05, 0) is 131 Å². The predicted molar refractivity (Wildman–Crippen MR) is 265 cm³/mol. The minimum absolute atomic E-state index is 0.0729. The first-order chi connectivity index (χ1) is 31.3. The Hall–Kier alpha value is -5.13. The van der Waals surface area contributed by atoms with Crippen molar-refractivity contribution in [1.29, 1.82) is 0 Å². The maximum absolute atomic E-state index is 13.7. The molecule has 0 aromatic carbocycles.